The molecule has 0 aliphatic heterocycles. The number of rotatable bonds is 4. The van der Waals surface area contributed by atoms with E-state index in [0.717, 1.165) is 11.1 Å². The first-order valence-electron chi connectivity index (χ1n) is 6.58. The Kier molecular flexibility index (Phi) is 4.48. The number of hydrogen-bond acceptors (Lipinski definition) is 4. The number of esters is 1. The molecule has 0 saturated carbocycles. The van der Waals surface area contributed by atoms with Crippen LogP contribution in [0.15, 0.2) is 36.4 Å². The Morgan fingerprint density at radius 3 is 2.05 bits per heavy atom. The molecule has 2 rings (SSSR count). The quantitative estimate of drug-likeness (QED) is 0.637. The number of benzene rings is 2. The zero-order valence-corrected chi connectivity index (χ0v) is 12.6. The van der Waals surface area contributed by atoms with E-state index in [0.29, 0.717) is 17.1 Å². The molecule has 0 spiro atoms. The molecule has 0 aliphatic rings. The van der Waals surface area contributed by atoms with Gasteiger partial charge in [-0.05, 0) is 43.2 Å². The maximum atomic E-state index is 12.4. The van der Waals surface area contributed by atoms with E-state index in [1.165, 1.54) is 14.2 Å². The van der Waals surface area contributed by atoms with Crippen molar-refractivity contribution in [1.82, 2.24) is 0 Å². The van der Waals surface area contributed by atoms with Crippen molar-refractivity contribution in [3.8, 4) is 17.2 Å². The van der Waals surface area contributed by atoms with E-state index in [1.54, 1.807) is 24.3 Å². The number of hydrogen-bond donors (Lipinski definition) is 0. The van der Waals surface area contributed by atoms with Crippen LogP contribution in [0, 0.1) is 13.8 Å². The molecule has 0 radical (unpaired) electrons. The van der Waals surface area contributed by atoms with Crippen molar-refractivity contribution in [2.24, 2.45) is 0 Å². The molecule has 0 unspecified atom stereocenters. The van der Waals surface area contributed by atoms with Crippen molar-refractivity contribution in [2.45, 2.75) is 13.8 Å². The molecule has 21 heavy (non-hydrogen) atoms. The van der Waals surface area contributed by atoms with Gasteiger partial charge in [0.2, 0.25) is 5.75 Å². The van der Waals surface area contributed by atoms with E-state index in [9.17, 15) is 4.79 Å². The maximum Gasteiger partial charge on any atom is 0.344 e. The van der Waals surface area contributed by atoms with Gasteiger partial charge in [0.1, 0.15) is 0 Å². The Morgan fingerprint density at radius 1 is 0.905 bits per heavy atom. The van der Waals surface area contributed by atoms with Crippen molar-refractivity contribution in [3.05, 3.63) is 53.1 Å². The minimum absolute atomic E-state index is 0.286. The van der Waals surface area contributed by atoms with E-state index in [4.69, 9.17) is 14.2 Å². The fourth-order valence-electron chi connectivity index (χ4n) is 2.04. The van der Waals surface area contributed by atoms with Crippen molar-refractivity contribution in [3.63, 3.8) is 0 Å². The minimum Gasteiger partial charge on any atom is -0.493 e. The number of ether oxygens (including phenoxy) is 3. The SMILES string of the molecule is COc1cccc(OC)c1OC(=O)c1cccc(C)c1C. The lowest BCUT2D eigenvalue weighted by atomic mass is 10.0. The van der Waals surface area contributed by atoms with Gasteiger partial charge in [0, 0.05) is 0 Å². The molecule has 110 valence electrons. The number of para-hydroxylation sites is 1. The molecule has 2 aromatic carbocycles. The van der Waals surface area contributed by atoms with Gasteiger partial charge in [-0.1, -0.05) is 18.2 Å². The van der Waals surface area contributed by atoms with Crippen LogP contribution in [0.5, 0.6) is 17.2 Å². The second kappa shape index (κ2) is 6.31. The van der Waals surface area contributed by atoms with Gasteiger partial charge in [-0.25, -0.2) is 4.79 Å². The van der Waals surface area contributed by atoms with E-state index in [2.05, 4.69) is 0 Å². The molecule has 0 amide bonds. The molecule has 0 fully saturated rings. The third kappa shape index (κ3) is 2.99. The number of carbonyl (C=O) groups excluding carboxylic acids is 1. The van der Waals surface area contributed by atoms with Crippen LogP contribution >= 0.6 is 0 Å². The average molecular weight is 286 g/mol. The number of carbonyl (C=O) groups is 1. The Balaban J connectivity index is 2.38. The van der Waals surface area contributed by atoms with Crippen LogP contribution in [0.1, 0.15) is 21.5 Å². The molecule has 2 aromatic rings. The van der Waals surface area contributed by atoms with Crippen molar-refractivity contribution >= 4 is 5.97 Å². The van der Waals surface area contributed by atoms with Crippen LogP contribution in [-0.2, 0) is 0 Å². The summed E-state index contributed by atoms with van der Waals surface area (Å²) in [6.45, 7) is 3.85. The summed E-state index contributed by atoms with van der Waals surface area (Å²) in [5.74, 6) is 0.758. The highest BCUT2D eigenvalue weighted by Crippen LogP contribution is 2.37. The van der Waals surface area contributed by atoms with Gasteiger partial charge in [-0.3, -0.25) is 0 Å². The smallest absolute Gasteiger partial charge is 0.344 e. The van der Waals surface area contributed by atoms with E-state index < -0.39 is 5.97 Å². The summed E-state index contributed by atoms with van der Waals surface area (Å²) in [6, 6.07) is 10.7. The lowest BCUT2D eigenvalue weighted by Crippen LogP contribution is -2.12. The largest absolute Gasteiger partial charge is 0.493 e. The van der Waals surface area contributed by atoms with Gasteiger partial charge >= 0.3 is 5.97 Å². The highest BCUT2D eigenvalue weighted by molar-refractivity contribution is 5.93. The molecule has 0 N–H and O–H groups in total. The second-order valence-electron chi connectivity index (χ2n) is 4.63. The molecule has 0 aliphatic carbocycles. The van der Waals surface area contributed by atoms with Gasteiger partial charge in [0.25, 0.3) is 0 Å². The Morgan fingerprint density at radius 2 is 1.48 bits per heavy atom. The fraction of sp³-hybridized carbons (Fsp3) is 0.235. The number of aryl methyl sites for hydroxylation is 1. The van der Waals surface area contributed by atoms with Gasteiger partial charge in [-0.15, -0.1) is 0 Å². The Hall–Kier alpha value is -2.49. The molecule has 0 saturated heterocycles. The second-order valence-corrected chi connectivity index (χ2v) is 4.63. The summed E-state index contributed by atoms with van der Waals surface area (Å²) in [4.78, 5) is 12.4. The first kappa shape index (κ1) is 14.9. The van der Waals surface area contributed by atoms with Crippen LogP contribution in [0.3, 0.4) is 0 Å². The topological polar surface area (TPSA) is 44.8 Å². The third-order valence-electron chi connectivity index (χ3n) is 3.40. The zero-order chi connectivity index (χ0) is 15.4. The molecule has 0 heterocycles. The van der Waals surface area contributed by atoms with Crippen molar-refractivity contribution in [2.75, 3.05) is 14.2 Å². The zero-order valence-electron chi connectivity index (χ0n) is 12.6. The summed E-state index contributed by atoms with van der Waals surface area (Å²) in [6.07, 6.45) is 0. The fourth-order valence-corrected chi connectivity index (χ4v) is 2.04. The van der Waals surface area contributed by atoms with Gasteiger partial charge in [-0.2, -0.15) is 0 Å². The first-order chi connectivity index (χ1) is 10.1. The molecular weight excluding hydrogens is 268 g/mol. The predicted octanol–water partition coefficient (Wildman–Crippen LogP) is 3.54. The van der Waals surface area contributed by atoms with Crippen LogP contribution in [0.4, 0.5) is 0 Å². The third-order valence-corrected chi connectivity index (χ3v) is 3.40. The normalized spacial score (nSPS) is 10.1. The maximum absolute atomic E-state index is 12.4. The van der Waals surface area contributed by atoms with E-state index in [1.807, 2.05) is 26.0 Å². The van der Waals surface area contributed by atoms with Crippen LogP contribution < -0.4 is 14.2 Å². The predicted molar refractivity (Wildman–Crippen MR) is 80.4 cm³/mol. The summed E-state index contributed by atoms with van der Waals surface area (Å²) in [7, 11) is 3.04. The summed E-state index contributed by atoms with van der Waals surface area (Å²) in [5, 5.41) is 0. The minimum atomic E-state index is -0.431. The lowest BCUT2D eigenvalue weighted by molar-refractivity contribution is 0.0723. The molecule has 4 nitrogen and oxygen atoms in total. The Labute approximate surface area is 124 Å². The average Bonchev–Trinajstić information content (AvgIpc) is 2.50. The molecule has 4 heteroatoms. The molecule has 0 bridgehead atoms. The highest BCUT2D eigenvalue weighted by atomic mass is 16.6. The van der Waals surface area contributed by atoms with E-state index >= 15 is 0 Å². The standard InChI is InChI=1S/C17H18O4/c1-11-7-5-8-13(12(11)2)17(18)21-16-14(19-3)9-6-10-15(16)20-4/h5-10H,1-4H3. The highest BCUT2D eigenvalue weighted by Gasteiger charge is 2.18. The summed E-state index contributed by atoms with van der Waals surface area (Å²) in [5.41, 5.74) is 2.47. The molecular formula is C17H18O4. The molecule has 0 aromatic heterocycles. The number of methoxy groups -OCH3 is 2. The summed E-state index contributed by atoms with van der Waals surface area (Å²) < 4.78 is 15.9. The van der Waals surface area contributed by atoms with E-state index in [-0.39, 0.29) is 5.75 Å². The first-order valence-corrected chi connectivity index (χ1v) is 6.58. The Bertz CT molecular complexity index is 640. The van der Waals surface area contributed by atoms with Crippen LogP contribution in [-0.4, -0.2) is 20.2 Å². The van der Waals surface area contributed by atoms with Gasteiger partial charge in [0.05, 0.1) is 19.8 Å². The van der Waals surface area contributed by atoms with Gasteiger partial charge < -0.3 is 14.2 Å². The lowest BCUT2D eigenvalue weighted by Gasteiger charge is -2.14. The monoisotopic (exact) mass is 286 g/mol. The molecule has 0 atom stereocenters. The van der Waals surface area contributed by atoms with Crippen LogP contribution in [0.2, 0.25) is 0 Å². The van der Waals surface area contributed by atoms with Gasteiger partial charge in [0.15, 0.2) is 11.5 Å². The van der Waals surface area contributed by atoms with Crippen molar-refractivity contribution < 1.29 is 19.0 Å². The van der Waals surface area contributed by atoms with Crippen molar-refractivity contribution in [1.29, 1.82) is 0 Å². The summed E-state index contributed by atoms with van der Waals surface area (Å²) >= 11 is 0. The van der Waals surface area contributed by atoms with Crippen LogP contribution in [0.25, 0.3) is 0 Å².